The molecule has 1 amide bonds. The Labute approximate surface area is 126 Å². The van der Waals surface area contributed by atoms with Gasteiger partial charge in [0.15, 0.2) is 6.29 Å². The molecule has 2 atom stereocenters. The van der Waals surface area contributed by atoms with Gasteiger partial charge in [0.2, 0.25) is 5.91 Å². The lowest BCUT2D eigenvalue weighted by molar-refractivity contribution is -0.132. The van der Waals surface area contributed by atoms with Crippen LogP contribution in [0, 0.1) is 13.8 Å². The number of piperazine rings is 1. The highest BCUT2D eigenvalue weighted by atomic mass is 16.2. The first-order valence-electron chi connectivity index (χ1n) is 7.59. The lowest BCUT2D eigenvalue weighted by Gasteiger charge is -2.36. The normalized spacial score (nSPS) is 22.4. The zero-order valence-electron chi connectivity index (χ0n) is 13.3. The molecule has 1 fully saturated rings. The first-order valence-corrected chi connectivity index (χ1v) is 7.59. The summed E-state index contributed by atoms with van der Waals surface area (Å²) in [4.78, 5) is 28.3. The summed E-state index contributed by atoms with van der Waals surface area (Å²) in [6.07, 6.45) is 2.03. The SMILES string of the molecule is Cc1[nH]c(C=O)c(C)c1CCC(=O)N1C[C@@H](C)N[C@@H](C)C1. The summed E-state index contributed by atoms with van der Waals surface area (Å²) in [5, 5.41) is 3.43. The van der Waals surface area contributed by atoms with E-state index < -0.39 is 0 Å². The molecule has 0 bridgehead atoms. The smallest absolute Gasteiger partial charge is 0.223 e. The molecule has 1 aliphatic rings. The summed E-state index contributed by atoms with van der Waals surface area (Å²) < 4.78 is 0. The average Bonchev–Trinajstić information content (AvgIpc) is 2.69. The molecule has 5 heteroatoms. The molecule has 0 spiro atoms. The minimum atomic E-state index is 0.197. The molecule has 1 aromatic heterocycles. The van der Waals surface area contributed by atoms with E-state index in [2.05, 4.69) is 24.1 Å². The van der Waals surface area contributed by atoms with Gasteiger partial charge in [-0.3, -0.25) is 9.59 Å². The van der Waals surface area contributed by atoms with Crippen molar-refractivity contribution in [3.8, 4) is 0 Å². The molecule has 1 aliphatic heterocycles. The standard InChI is InChI=1S/C16H25N3O2/c1-10-7-19(8-11(2)17-10)16(21)6-5-14-12(3)15(9-20)18-13(14)4/h9-11,17-18H,5-8H2,1-4H3/t10-,11+. The summed E-state index contributed by atoms with van der Waals surface area (Å²) in [6, 6.07) is 0.685. The zero-order chi connectivity index (χ0) is 15.6. The fourth-order valence-corrected chi connectivity index (χ4v) is 3.23. The van der Waals surface area contributed by atoms with E-state index in [0.717, 1.165) is 36.2 Å². The Hall–Kier alpha value is -1.62. The van der Waals surface area contributed by atoms with Gasteiger partial charge in [-0.25, -0.2) is 0 Å². The van der Waals surface area contributed by atoms with E-state index in [1.54, 1.807) is 0 Å². The molecule has 2 rings (SSSR count). The highest BCUT2D eigenvalue weighted by Gasteiger charge is 2.24. The van der Waals surface area contributed by atoms with Crippen LogP contribution in [0.15, 0.2) is 0 Å². The van der Waals surface area contributed by atoms with Crippen molar-refractivity contribution in [1.82, 2.24) is 15.2 Å². The molecule has 2 N–H and O–H groups in total. The van der Waals surface area contributed by atoms with Crippen molar-refractivity contribution in [3.05, 3.63) is 22.5 Å². The second kappa shape index (κ2) is 6.43. The summed E-state index contributed by atoms with van der Waals surface area (Å²) >= 11 is 0. The lowest BCUT2D eigenvalue weighted by Crippen LogP contribution is -2.55. The Balaban J connectivity index is 1.98. The second-order valence-corrected chi connectivity index (χ2v) is 6.15. The lowest BCUT2D eigenvalue weighted by atomic mass is 10.0. The molecule has 116 valence electrons. The van der Waals surface area contributed by atoms with E-state index in [-0.39, 0.29) is 5.91 Å². The van der Waals surface area contributed by atoms with Crippen molar-refractivity contribution in [3.63, 3.8) is 0 Å². The van der Waals surface area contributed by atoms with Crippen molar-refractivity contribution in [2.24, 2.45) is 0 Å². The Morgan fingerprint density at radius 3 is 2.43 bits per heavy atom. The molecule has 0 radical (unpaired) electrons. The molecule has 0 unspecified atom stereocenters. The number of nitrogens with one attached hydrogen (secondary N) is 2. The van der Waals surface area contributed by atoms with Crippen LogP contribution in [0.1, 0.15) is 47.6 Å². The van der Waals surface area contributed by atoms with Gasteiger partial charge in [-0.2, -0.15) is 0 Å². The number of aryl methyl sites for hydroxylation is 1. The van der Waals surface area contributed by atoms with Gasteiger partial charge >= 0.3 is 0 Å². The van der Waals surface area contributed by atoms with Gasteiger partial charge in [0.25, 0.3) is 0 Å². The van der Waals surface area contributed by atoms with E-state index in [1.165, 1.54) is 0 Å². The monoisotopic (exact) mass is 291 g/mol. The number of nitrogens with zero attached hydrogens (tertiary/aromatic N) is 1. The molecule has 0 saturated carbocycles. The van der Waals surface area contributed by atoms with E-state index in [9.17, 15) is 9.59 Å². The maximum absolute atomic E-state index is 12.4. The fourth-order valence-electron chi connectivity index (χ4n) is 3.23. The van der Waals surface area contributed by atoms with Gasteiger partial charge in [-0.15, -0.1) is 0 Å². The number of hydrogen-bond acceptors (Lipinski definition) is 3. The van der Waals surface area contributed by atoms with Crippen LogP contribution in [0.3, 0.4) is 0 Å². The Morgan fingerprint density at radius 2 is 1.90 bits per heavy atom. The number of aldehydes is 1. The predicted molar refractivity (Wildman–Crippen MR) is 82.6 cm³/mol. The van der Waals surface area contributed by atoms with Crippen LogP contribution in [-0.2, 0) is 11.2 Å². The van der Waals surface area contributed by atoms with Crippen LogP contribution in [0.4, 0.5) is 0 Å². The van der Waals surface area contributed by atoms with Gasteiger partial charge in [0, 0.05) is 37.3 Å². The molecule has 0 aliphatic carbocycles. The Kier molecular flexibility index (Phi) is 4.83. The topological polar surface area (TPSA) is 65.2 Å². The van der Waals surface area contributed by atoms with Crippen molar-refractivity contribution in [2.45, 2.75) is 52.6 Å². The van der Waals surface area contributed by atoms with Crippen LogP contribution in [0.2, 0.25) is 0 Å². The fraction of sp³-hybridized carbons (Fsp3) is 0.625. The van der Waals surface area contributed by atoms with Crippen molar-refractivity contribution in [2.75, 3.05) is 13.1 Å². The minimum Gasteiger partial charge on any atom is -0.356 e. The Bertz CT molecular complexity index is 526. The zero-order valence-corrected chi connectivity index (χ0v) is 13.3. The number of hydrogen-bond donors (Lipinski definition) is 2. The minimum absolute atomic E-state index is 0.197. The van der Waals surface area contributed by atoms with Crippen molar-refractivity contribution < 1.29 is 9.59 Å². The Morgan fingerprint density at radius 1 is 1.29 bits per heavy atom. The highest BCUT2D eigenvalue weighted by molar-refractivity contribution is 5.78. The third-order valence-electron chi connectivity index (χ3n) is 4.25. The van der Waals surface area contributed by atoms with Crippen molar-refractivity contribution >= 4 is 12.2 Å². The number of rotatable bonds is 4. The molecule has 1 saturated heterocycles. The van der Waals surface area contributed by atoms with E-state index in [4.69, 9.17) is 0 Å². The first-order chi connectivity index (χ1) is 9.92. The van der Waals surface area contributed by atoms with Crippen LogP contribution >= 0.6 is 0 Å². The molecular formula is C16H25N3O2. The molecule has 0 aromatic carbocycles. The van der Waals surface area contributed by atoms with Crippen LogP contribution in [0.25, 0.3) is 0 Å². The van der Waals surface area contributed by atoms with Gasteiger partial charge in [-0.05, 0) is 45.2 Å². The molecule has 5 nitrogen and oxygen atoms in total. The largest absolute Gasteiger partial charge is 0.356 e. The maximum Gasteiger partial charge on any atom is 0.223 e. The predicted octanol–water partition coefficient (Wildman–Crippen LogP) is 1.59. The van der Waals surface area contributed by atoms with Crippen LogP contribution < -0.4 is 5.32 Å². The molecular weight excluding hydrogens is 266 g/mol. The highest BCUT2D eigenvalue weighted by Crippen LogP contribution is 2.19. The number of aromatic amines is 1. The van der Waals surface area contributed by atoms with Gasteiger partial charge in [-0.1, -0.05) is 0 Å². The summed E-state index contributed by atoms with van der Waals surface area (Å²) in [5.74, 6) is 0.197. The van der Waals surface area contributed by atoms with Gasteiger partial charge in [0.1, 0.15) is 0 Å². The summed E-state index contributed by atoms with van der Waals surface area (Å²) in [6.45, 7) is 9.64. The van der Waals surface area contributed by atoms with Gasteiger partial charge < -0.3 is 15.2 Å². The molecule has 1 aromatic rings. The molecule has 2 heterocycles. The van der Waals surface area contributed by atoms with Crippen LogP contribution in [-0.4, -0.2) is 47.3 Å². The third-order valence-corrected chi connectivity index (χ3v) is 4.25. The third kappa shape index (κ3) is 3.53. The molecule has 21 heavy (non-hydrogen) atoms. The number of H-pyrrole nitrogens is 1. The van der Waals surface area contributed by atoms with E-state index >= 15 is 0 Å². The van der Waals surface area contributed by atoms with Crippen LogP contribution in [0.5, 0.6) is 0 Å². The van der Waals surface area contributed by atoms with E-state index in [1.807, 2.05) is 18.7 Å². The van der Waals surface area contributed by atoms with E-state index in [0.29, 0.717) is 30.6 Å². The van der Waals surface area contributed by atoms with Crippen molar-refractivity contribution in [1.29, 1.82) is 0 Å². The quantitative estimate of drug-likeness (QED) is 0.828. The first kappa shape index (κ1) is 15.8. The number of carbonyl (C=O) groups is 2. The summed E-state index contributed by atoms with van der Waals surface area (Å²) in [7, 11) is 0. The average molecular weight is 291 g/mol. The van der Waals surface area contributed by atoms with Gasteiger partial charge in [0.05, 0.1) is 5.69 Å². The summed E-state index contributed by atoms with van der Waals surface area (Å²) in [5.41, 5.74) is 3.68. The maximum atomic E-state index is 12.4. The number of aromatic nitrogens is 1. The number of amides is 1. The second-order valence-electron chi connectivity index (χ2n) is 6.15. The number of carbonyl (C=O) groups excluding carboxylic acids is 2.